The molecule has 74 valence electrons. The number of hydrogen-bond acceptors (Lipinski definition) is 1. The molecule has 0 saturated carbocycles. The monoisotopic (exact) mass is 188 g/mol. The zero-order chi connectivity index (χ0) is 3.54. The molecule has 0 aromatic carbocycles. The fraction of sp³-hybridized carbons (Fsp3) is 0. The van der Waals surface area contributed by atoms with Crippen LogP contribution in [0.1, 0.15) is 0 Å². The van der Waals surface area contributed by atoms with Gasteiger partial charge in [0.1, 0.15) is 0 Å². The summed E-state index contributed by atoms with van der Waals surface area (Å²) in [6.45, 7) is 0. The van der Waals surface area contributed by atoms with Gasteiger partial charge in [-0.1, -0.05) is 0 Å². The molecule has 11 heavy (non-hydrogen) atoms. The highest BCUT2D eigenvalue weighted by atomic mass is 19.0. The Bertz CT molecular complexity index is 71.1. The van der Waals surface area contributed by atoms with Crippen LogP contribution in [-0.2, 0) is 0 Å². The lowest BCUT2D eigenvalue weighted by atomic mass is 10.7. The maximum atomic E-state index is 4.58. The van der Waals surface area contributed by atoms with Crippen molar-refractivity contribution >= 4 is 0 Å². The van der Waals surface area contributed by atoms with E-state index in [9.17, 15) is 0 Å². The minimum absolute atomic E-state index is 0. The normalized spacial score (nSPS) is 3.64. The van der Waals surface area contributed by atoms with Crippen molar-refractivity contribution in [3.8, 4) is 0 Å². The van der Waals surface area contributed by atoms with E-state index in [0.717, 1.165) is 0 Å². The van der Waals surface area contributed by atoms with Crippen molar-refractivity contribution in [1.29, 1.82) is 0 Å². The van der Waals surface area contributed by atoms with E-state index in [1.54, 1.807) is 12.5 Å². The van der Waals surface area contributed by atoms with E-state index in [1.807, 2.05) is 12.1 Å². The first-order valence-electron chi connectivity index (χ1n) is 1.47. The van der Waals surface area contributed by atoms with Crippen LogP contribution >= 0.6 is 0 Å². The Kier molecular flexibility index (Phi) is 173. The molecule has 7 heteroatoms. The molecule has 0 aliphatic rings. The summed E-state index contributed by atoms with van der Waals surface area (Å²) in [4.78, 5) is 0. The molecule has 1 nitrogen and oxygen atoms in total. The fourth-order valence-corrected chi connectivity index (χ4v) is 0.227. The van der Waals surface area contributed by atoms with Crippen LogP contribution in [0.2, 0.25) is 0 Å². The molecule has 0 bridgehead atoms. The highest BCUT2D eigenvalue weighted by molar-refractivity contribution is 4.79. The standard InChI is InChI=1S/C4H4O.6FH/c1-2-4-5-3-1;;;;;;/h1-4H;6*1H. The molecule has 0 radical (unpaired) electrons. The molecule has 0 saturated heterocycles. The van der Waals surface area contributed by atoms with Crippen molar-refractivity contribution in [2.45, 2.75) is 0 Å². The van der Waals surface area contributed by atoms with E-state index in [4.69, 9.17) is 0 Å². The molecule has 1 heterocycles. The number of furan rings is 1. The Balaban J connectivity index is -0.0000000104. The van der Waals surface area contributed by atoms with Crippen LogP contribution in [0, 0.1) is 0 Å². The average molecular weight is 188 g/mol. The van der Waals surface area contributed by atoms with Gasteiger partial charge < -0.3 is 4.42 Å². The topological polar surface area (TPSA) is 13.1 Å². The van der Waals surface area contributed by atoms with Gasteiger partial charge in [0.05, 0.1) is 12.5 Å². The molecule has 1 aromatic heterocycles. The summed E-state index contributed by atoms with van der Waals surface area (Å²) >= 11 is 0. The SMILES string of the molecule is F.F.F.F.F.F.c1ccoc1. The van der Waals surface area contributed by atoms with E-state index in [1.165, 1.54) is 0 Å². The van der Waals surface area contributed by atoms with Crippen molar-refractivity contribution in [3.05, 3.63) is 24.7 Å². The smallest absolute Gasteiger partial charge is 0.0902 e. The van der Waals surface area contributed by atoms with Gasteiger partial charge >= 0.3 is 0 Å². The lowest BCUT2D eigenvalue weighted by molar-refractivity contribution is 0.567. The van der Waals surface area contributed by atoms with Crippen molar-refractivity contribution in [2.75, 3.05) is 0 Å². The second-order valence-electron chi connectivity index (χ2n) is 0.793. The summed E-state index contributed by atoms with van der Waals surface area (Å²) in [6.07, 6.45) is 3.25. The highest BCUT2D eigenvalue weighted by Gasteiger charge is 1.58. The maximum Gasteiger partial charge on any atom is 0.0902 e. The zero-order valence-corrected chi connectivity index (χ0v) is 5.17. The van der Waals surface area contributed by atoms with Crippen LogP contribution in [0.15, 0.2) is 29.1 Å². The molecule has 1 aromatic rings. The second-order valence-corrected chi connectivity index (χ2v) is 0.793. The van der Waals surface area contributed by atoms with Gasteiger partial charge in [-0.3, -0.25) is 28.2 Å². The fourth-order valence-electron chi connectivity index (χ4n) is 0.227. The van der Waals surface area contributed by atoms with Crippen molar-refractivity contribution in [1.82, 2.24) is 0 Å². The van der Waals surface area contributed by atoms with E-state index < -0.39 is 0 Å². The lowest BCUT2D eigenvalue weighted by Crippen LogP contribution is -1.16. The number of halogens is 6. The first-order valence-corrected chi connectivity index (χ1v) is 1.47. The quantitative estimate of drug-likeness (QED) is 0.569. The molecule has 0 aliphatic carbocycles. The predicted molar refractivity (Wildman–Crippen MR) is 33.7 cm³/mol. The van der Waals surface area contributed by atoms with Crippen LogP contribution in [0.5, 0.6) is 0 Å². The van der Waals surface area contributed by atoms with Gasteiger partial charge in [0, 0.05) is 0 Å². The molecule has 0 unspecified atom stereocenters. The first kappa shape index (κ1) is 51.9. The van der Waals surface area contributed by atoms with Crippen LogP contribution < -0.4 is 0 Å². The lowest BCUT2D eigenvalue weighted by Gasteiger charge is -1.50. The predicted octanol–water partition coefficient (Wildman–Crippen LogP) is 2.19. The Morgan fingerprint density at radius 2 is 0.818 bits per heavy atom. The summed E-state index contributed by atoms with van der Waals surface area (Å²) in [5, 5.41) is 0. The van der Waals surface area contributed by atoms with E-state index in [-0.39, 0.29) is 28.2 Å². The molecule has 0 amide bonds. The molecule has 0 fully saturated rings. The Labute approximate surface area is 58.6 Å². The highest BCUT2D eigenvalue weighted by Crippen LogP contribution is 1.79. The number of rotatable bonds is 0. The van der Waals surface area contributed by atoms with Crippen LogP contribution in [0.25, 0.3) is 0 Å². The molecular formula is C4H10F6O. The molecule has 0 atom stereocenters. The average Bonchev–Trinajstić information content (AvgIpc) is 1.76. The van der Waals surface area contributed by atoms with Crippen LogP contribution in [0.4, 0.5) is 28.2 Å². The molecule has 0 aliphatic heterocycles. The largest absolute Gasteiger partial charge is 0.473 e. The van der Waals surface area contributed by atoms with Crippen molar-refractivity contribution in [3.63, 3.8) is 0 Å². The van der Waals surface area contributed by atoms with E-state index in [0.29, 0.717) is 0 Å². The molecule has 0 spiro atoms. The Morgan fingerprint density at radius 3 is 0.909 bits per heavy atom. The van der Waals surface area contributed by atoms with Gasteiger partial charge in [0.15, 0.2) is 0 Å². The first-order chi connectivity index (χ1) is 2.50. The van der Waals surface area contributed by atoms with Crippen LogP contribution in [-0.4, -0.2) is 0 Å². The van der Waals surface area contributed by atoms with Crippen LogP contribution in [0.3, 0.4) is 0 Å². The van der Waals surface area contributed by atoms with Gasteiger partial charge in [-0.05, 0) is 12.1 Å². The Morgan fingerprint density at radius 1 is 0.545 bits per heavy atom. The number of hydrogen-bond donors (Lipinski definition) is 0. The second kappa shape index (κ2) is 36.7. The maximum absolute atomic E-state index is 4.58. The van der Waals surface area contributed by atoms with Crippen molar-refractivity contribution < 1.29 is 32.6 Å². The summed E-state index contributed by atoms with van der Waals surface area (Å²) in [5.41, 5.74) is 0. The van der Waals surface area contributed by atoms with Gasteiger partial charge in [-0.25, -0.2) is 0 Å². The van der Waals surface area contributed by atoms with E-state index in [2.05, 4.69) is 4.42 Å². The molecule has 0 N–H and O–H groups in total. The molecular weight excluding hydrogens is 178 g/mol. The summed E-state index contributed by atoms with van der Waals surface area (Å²) in [7, 11) is 0. The third-order valence-corrected chi connectivity index (χ3v) is 0.425. The minimum atomic E-state index is 0. The third kappa shape index (κ3) is 28.0. The van der Waals surface area contributed by atoms with Gasteiger partial charge in [0.25, 0.3) is 0 Å². The minimum Gasteiger partial charge on any atom is -0.473 e. The Hall–Kier alpha value is -1.14. The zero-order valence-electron chi connectivity index (χ0n) is 5.17. The van der Waals surface area contributed by atoms with Gasteiger partial charge in [-0.15, -0.1) is 0 Å². The van der Waals surface area contributed by atoms with Crippen molar-refractivity contribution in [2.24, 2.45) is 0 Å². The van der Waals surface area contributed by atoms with E-state index >= 15 is 0 Å². The summed E-state index contributed by atoms with van der Waals surface area (Å²) in [5.74, 6) is 0. The van der Waals surface area contributed by atoms with Gasteiger partial charge in [0.2, 0.25) is 0 Å². The summed E-state index contributed by atoms with van der Waals surface area (Å²) in [6, 6.07) is 3.67. The molecule has 1 rings (SSSR count). The van der Waals surface area contributed by atoms with Gasteiger partial charge in [-0.2, -0.15) is 0 Å². The third-order valence-electron chi connectivity index (χ3n) is 0.425. The summed E-state index contributed by atoms with van der Waals surface area (Å²) < 4.78 is 4.58.